The van der Waals surface area contributed by atoms with E-state index in [1.807, 2.05) is 18.2 Å². The maximum atomic E-state index is 13.9. The molecule has 1 aromatic carbocycles. The van der Waals surface area contributed by atoms with E-state index in [-0.39, 0.29) is 40.4 Å². The van der Waals surface area contributed by atoms with Gasteiger partial charge in [-0.3, -0.25) is 14.4 Å². The minimum atomic E-state index is -0.409. The Bertz CT molecular complexity index is 1060. The number of carbonyl (C=O) groups excluding carboxylic acids is 3. The second-order valence-electron chi connectivity index (χ2n) is 16.2. The van der Waals surface area contributed by atoms with Crippen LogP contribution in [0.15, 0.2) is 18.2 Å². The zero-order valence-corrected chi connectivity index (χ0v) is 28.2. The molecule has 0 unspecified atom stereocenters. The number of nitrogens with one attached hydrogen (secondary N) is 3. The first-order valence-electron chi connectivity index (χ1n) is 17.3. The quantitative estimate of drug-likeness (QED) is 0.294. The van der Waals surface area contributed by atoms with Crippen molar-refractivity contribution in [2.24, 2.45) is 39.9 Å². The van der Waals surface area contributed by atoms with E-state index >= 15 is 0 Å². The molecule has 0 bridgehead atoms. The van der Waals surface area contributed by atoms with Crippen molar-refractivity contribution in [1.82, 2.24) is 0 Å². The van der Waals surface area contributed by atoms with E-state index < -0.39 is 5.41 Å². The topological polar surface area (TPSA) is 87.3 Å². The molecule has 240 valence electrons. The Morgan fingerprint density at radius 3 is 1.47 bits per heavy atom. The van der Waals surface area contributed by atoms with E-state index in [4.69, 9.17) is 0 Å². The van der Waals surface area contributed by atoms with Gasteiger partial charge in [-0.15, -0.1) is 0 Å². The molecule has 0 aliphatic heterocycles. The fourth-order valence-electron chi connectivity index (χ4n) is 8.02. The first-order valence-corrected chi connectivity index (χ1v) is 17.3. The number of carbonyl (C=O) groups is 3. The third kappa shape index (κ3) is 8.22. The fraction of sp³-hybridized carbons (Fsp3) is 0.757. The van der Waals surface area contributed by atoms with Crippen molar-refractivity contribution >= 4 is 34.8 Å². The molecule has 0 heterocycles. The van der Waals surface area contributed by atoms with Gasteiger partial charge in [0.2, 0.25) is 17.7 Å². The average molecular weight is 594 g/mol. The van der Waals surface area contributed by atoms with Crippen LogP contribution in [0, 0.1) is 39.9 Å². The molecule has 3 aliphatic rings. The summed E-state index contributed by atoms with van der Waals surface area (Å²) in [5.74, 6) is 1.19. The van der Waals surface area contributed by atoms with Crippen LogP contribution in [0.5, 0.6) is 0 Å². The van der Waals surface area contributed by atoms with Crippen molar-refractivity contribution in [3.05, 3.63) is 18.2 Å². The summed E-state index contributed by atoms with van der Waals surface area (Å²) < 4.78 is 0. The number of para-hydroxylation sites is 1. The number of hydrogen-bond acceptors (Lipinski definition) is 3. The zero-order valence-electron chi connectivity index (χ0n) is 28.2. The van der Waals surface area contributed by atoms with Crippen LogP contribution in [0.3, 0.4) is 0 Å². The normalized spacial score (nSPS) is 26.3. The van der Waals surface area contributed by atoms with Crippen molar-refractivity contribution in [2.75, 3.05) is 16.0 Å². The van der Waals surface area contributed by atoms with Gasteiger partial charge in [0.15, 0.2) is 0 Å². The summed E-state index contributed by atoms with van der Waals surface area (Å²) in [6.07, 6.45) is 13.5. The van der Waals surface area contributed by atoms with Gasteiger partial charge in [-0.2, -0.15) is 0 Å². The van der Waals surface area contributed by atoms with Crippen molar-refractivity contribution in [3.63, 3.8) is 0 Å². The van der Waals surface area contributed by atoms with Gasteiger partial charge in [0.25, 0.3) is 0 Å². The van der Waals surface area contributed by atoms with Crippen LogP contribution in [0.2, 0.25) is 0 Å². The van der Waals surface area contributed by atoms with Gasteiger partial charge in [0.1, 0.15) is 0 Å². The molecule has 0 atom stereocenters. The molecule has 3 amide bonds. The zero-order chi connectivity index (χ0) is 31.4. The lowest BCUT2D eigenvalue weighted by Gasteiger charge is -2.37. The van der Waals surface area contributed by atoms with Crippen LogP contribution in [-0.4, -0.2) is 17.7 Å². The molecular formula is C37H59N3O3. The van der Waals surface area contributed by atoms with E-state index in [9.17, 15) is 14.4 Å². The number of anilines is 3. The number of benzene rings is 1. The minimum Gasteiger partial charge on any atom is -0.324 e. The van der Waals surface area contributed by atoms with Crippen LogP contribution in [0.4, 0.5) is 17.1 Å². The first-order chi connectivity index (χ1) is 20.2. The monoisotopic (exact) mass is 593 g/mol. The molecule has 6 nitrogen and oxygen atoms in total. The van der Waals surface area contributed by atoms with E-state index in [1.54, 1.807) is 0 Å². The molecule has 3 N–H and O–H groups in total. The Labute approximate surface area is 261 Å². The molecule has 0 saturated heterocycles. The number of amides is 3. The lowest BCUT2D eigenvalue weighted by molar-refractivity contribution is -0.127. The highest BCUT2D eigenvalue weighted by Crippen LogP contribution is 2.44. The molecule has 3 aliphatic carbocycles. The molecule has 6 heteroatoms. The third-order valence-corrected chi connectivity index (χ3v) is 11.4. The molecule has 0 radical (unpaired) electrons. The maximum Gasteiger partial charge on any atom is 0.230 e. The van der Waals surface area contributed by atoms with E-state index in [1.165, 1.54) is 0 Å². The Balaban J connectivity index is 1.54. The first kappa shape index (κ1) is 33.5. The fourth-order valence-corrected chi connectivity index (χ4v) is 8.02. The van der Waals surface area contributed by atoms with Crippen molar-refractivity contribution in [1.29, 1.82) is 0 Å². The SMILES string of the molecule is CCC1(C(=O)Nc2c(NC(=O)C3CCC(C(C)(C)C)CC3)cccc2NC(=O)C2CCC(C(C)(C)C)CC2)CCCCC1. The van der Waals surface area contributed by atoms with Gasteiger partial charge in [0, 0.05) is 17.3 Å². The van der Waals surface area contributed by atoms with Crippen molar-refractivity contribution in [3.8, 4) is 0 Å². The minimum absolute atomic E-state index is 0.00303. The van der Waals surface area contributed by atoms with E-state index in [2.05, 4.69) is 64.4 Å². The largest absolute Gasteiger partial charge is 0.324 e. The van der Waals surface area contributed by atoms with Crippen LogP contribution < -0.4 is 16.0 Å². The predicted octanol–water partition coefficient (Wildman–Crippen LogP) is 9.57. The second kappa shape index (κ2) is 13.7. The Morgan fingerprint density at radius 2 is 1.09 bits per heavy atom. The second-order valence-corrected chi connectivity index (χ2v) is 16.2. The molecule has 1 aromatic rings. The molecule has 4 rings (SSSR count). The average Bonchev–Trinajstić information content (AvgIpc) is 2.98. The summed E-state index contributed by atoms with van der Waals surface area (Å²) in [6.45, 7) is 15.8. The highest BCUT2D eigenvalue weighted by atomic mass is 16.2. The summed E-state index contributed by atoms with van der Waals surface area (Å²) in [6, 6.07) is 5.58. The molecule has 3 saturated carbocycles. The highest BCUT2D eigenvalue weighted by Gasteiger charge is 2.39. The lowest BCUT2D eigenvalue weighted by Crippen LogP contribution is -2.38. The van der Waals surface area contributed by atoms with Crippen LogP contribution in [0.1, 0.15) is 138 Å². The van der Waals surface area contributed by atoms with Gasteiger partial charge in [-0.1, -0.05) is 73.8 Å². The van der Waals surface area contributed by atoms with Gasteiger partial charge in [-0.05, 0) is 105 Å². The van der Waals surface area contributed by atoms with E-state index in [0.29, 0.717) is 28.9 Å². The van der Waals surface area contributed by atoms with Crippen molar-refractivity contribution < 1.29 is 14.4 Å². The Hall–Kier alpha value is -2.37. The summed E-state index contributed by atoms with van der Waals surface area (Å²) in [7, 11) is 0. The maximum absolute atomic E-state index is 13.9. The van der Waals surface area contributed by atoms with Crippen LogP contribution in [0.25, 0.3) is 0 Å². The molecular weight excluding hydrogens is 534 g/mol. The molecule has 0 spiro atoms. The van der Waals surface area contributed by atoms with Gasteiger partial charge in [-0.25, -0.2) is 0 Å². The standard InChI is InChI=1S/C37H59N3O3/c1-8-37(23-10-9-11-24-37)34(43)40-31-29(38-32(41)25-15-19-27(20-16-25)35(2,3)4)13-12-14-30(31)39-33(42)26-17-21-28(22-18-26)36(5,6)7/h12-14,25-28H,8-11,15-24H2,1-7H3,(H,38,41)(H,39,42)(H,40,43). The third-order valence-electron chi connectivity index (χ3n) is 11.4. The summed E-state index contributed by atoms with van der Waals surface area (Å²) in [5, 5.41) is 9.61. The lowest BCUT2D eigenvalue weighted by atomic mass is 9.69. The van der Waals surface area contributed by atoms with Gasteiger partial charge < -0.3 is 16.0 Å². The summed E-state index contributed by atoms with van der Waals surface area (Å²) >= 11 is 0. The molecule has 3 fully saturated rings. The highest BCUT2D eigenvalue weighted by molar-refractivity contribution is 6.08. The number of hydrogen-bond donors (Lipinski definition) is 3. The summed E-state index contributed by atoms with van der Waals surface area (Å²) in [5.41, 5.74) is 1.78. The van der Waals surface area contributed by atoms with Crippen molar-refractivity contribution in [2.45, 2.75) is 138 Å². The molecule has 0 aromatic heterocycles. The molecule has 43 heavy (non-hydrogen) atoms. The van der Waals surface area contributed by atoms with Crippen LogP contribution >= 0.6 is 0 Å². The van der Waals surface area contributed by atoms with Gasteiger partial charge in [0.05, 0.1) is 17.1 Å². The predicted molar refractivity (Wildman–Crippen MR) is 178 cm³/mol. The summed E-state index contributed by atoms with van der Waals surface area (Å²) in [4.78, 5) is 41.1. The smallest absolute Gasteiger partial charge is 0.230 e. The van der Waals surface area contributed by atoms with Crippen LogP contribution in [-0.2, 0) is 14.4 Å². The number of rotatable bonds is 7. The van der Waals surface area contributed by atoms with Gasteiger partial charge >= 0.3 is 0 Å². The Morgan fingerprint density at radius 1 is 0.674 bits per heavy atom. The van der Waals surface area contributed by atoms with E-state index in [0.717, 1.165) is 89.9 Å². The Kier molecular flexibility index (Phi) is 10.7.